The smallest absolute Gasteiger partial charge is 0.212 e. The Bertz CT molecular complexity index is 256. The largest absolute Gasteiger partial charge is 0.213 e. The molecule has 0 rings (SSSR count). The van der Waals surface area contributed by atoms with E-state index in [4.69, 9.17) is 11.6 Å². The lowest BCUT2D eigenvalue weighted by Gasteiger charge is -2.21. The summed E-state index contributed by atoms with van der Waals surface area (Å²) in [5.41, 5.74) is 0.0505. The van der Waals surface area contributed by atoms with Crippen LogP contribution in [0.3, 0.4) is 0 Å². The van der Waals surface area contributed by atoms with Gasteiger partial charge in [-0.15, -0.1) is 11.6 Å². The van der Waals surface area contributed by atoms with Crippen molar-refractivity contribution >= 4 is 21.6 Å². The van der Waals surface area contributed by atoms with Crippen molar-refractivity contribution in [2.24, 2.45) is 5.41 Å². The maximum Gasteiger partial charge on any atom is 0.213 e. The van der Waals surface area contributed by atoms with Gasteiger partial charge in [-0.1, -0.05) is 20.8 Å². The van der Waals surface area contributed by atoms with Crippen molar-refractivity contribution in [1.29, 1.82) is 0 Å². The zero-order valence-electron chi connectivity index (χ0n) is 9.38. The average Bonchev–Trinajstić information content (AvgIpc) is 2.00. The van der Waals surface area contributed by atoms with E-state index in [9.17, 15) is 8.42 Å². The van der Waals surface area contributed by atoms with E-state index in [1.54, 1.807) is 7.05 Å². The van der Waals surface area contributed by atoms with E-state index >= 15 is 0 Å². The van der Waals surface area contributed by atoms with E-state index in [0.29, 0.717) is 18.8 Å². The number of nitrogens with zero attached hydrogens (tertiary/aromatic N) is 1. The van der Waals surface area contributed by atoms with Crippen LogP contribution in [-0.4, -0.2) is 37.9 Å². The van der Waals surface area contributed by atoms with Crippen molar-refractivity contribution in [3.8, 4) is 0 Å². The Hall–Kier alpha value is 0.200. The van der Waals surface area contributed by atoms with Gasteiger partial charge in [0.1, 0.15) is 0 Å². The topological polar surface area (TPSA) is 37.4 Å². The molecular formula is C9H20ClNO2S. The van der Waals surface area contributed by atoms with Gasteiger partial charge >= 0.3 is 0 Å². The van der Waals surface area contributed by atoms with Crippen molar-refractivity contribution in [3.05, 3.63) is 0 Å². The number of halogens is 1. The average molecular weight is 242 g/mol. The van der Waals surface area contributed by atoms with Crippen molar-refractivity contribution in [2.45, 2.75) is 27.2 Å². The lowest BCUT2D eigenvalue weighted by atomic mass is 9.94. The van der Waals surface area contributed by atoms with E-state index in [-0.39, 0.29) is 11.2 Å². The summed E-state index contributed by atoms with van der Waals surface area (Å²) < 4.78 is 24.6. The molecule has 0 heterocycles. The third-order valence-corrected chi connectivity index (χ3v) is 4.01. The standard InChI is InChI=1S/C9H20ClNO2S/c1-9(2,3)5-8-14(12,13)11(4)7-6-10/h5-8H2,1-4H3. The van der Waals surface area contributed by atoms with Gasteiger partial charge in [0.05, 0.1) is 5.75 Å². The zero-order chi connectivity index (χ0) is 11.4. The van der Waals surface area contributed by atoms with Crippen LogP contribution in [0.5, 0.6) is 0 Å². The van der Waals surface area contributed by atoms with Gasteiger partial charge in [-0.2, -0.15) is 0 Å². The first-order valence-electron chi connectivity index (χ1n) is 4.69. The lowest BCUT2D eigenvalue weighted by Crippen LogP contribution is -2.32. The molecule has 0 aromatic carbocycles. The predicted octanol–water partition coefficient (Wildman–Crippen LogP) is 1.92. The number of sulfonamides is 1. The Morgan fingerprint density at radius 3 is 2.14 bits per heavy atom. The minimum atomic E-state index is -3.11. The highest BCUT2D eigenvalue weighted by Gasteiger charge is 2.20. The molecule has 3 nitrogen and oxygen atoms in total. The summed E-state index contributed by atoms with van der Waals surface area (Å²) in [4.78, 5) is 0. The fraction of sp³-hybridized carbons (Fsp3) is 1.00. The number of hydrogen-bond donors (Lipinski definition) is 0. The lowest BCUT2D eigenvalue weighted by molar-refractivity contribution is 0.390. The molecule has 0 saturated carbocycles. The molecule has 0 aliphatic carbocycles. The van der Waals surface area contributed by atoms with E-state index in [2.05, 4.69) is 0 Å². The normalized spacial score (nSPS) is 13.6. The molecule has 0 N–H and O–H groups in total. The molecule has 0 spiro atoms. The number of rotatable bonds is 5. The second-order valence-electron chi connectivity index (χ2n) is 4.64. The highest BCUT2D eigenvalue weighted by atomic mass is 35.5. The summed E-state index contributed by atoms with van der Waals surface area (Å²) in [5.74, 6) is 0.537. The van der Waals surface area contributed by atoms with Crippen LogP contribution in [0.25, 0.3) is 0 Å². The van der Waals surface area contributed by atoms with Crippen LogP contribution >= 0.6 is 11.6 Å². The molecule has 0 amide bonds. The molecule has 0 fully saturated rings. The van der Waals surface area contributed by atoms with E-state index in [1.807, 2.05) is 20.8 Å². The first-order chi connectivity index (χ1) is 6.19. The zero-order valence-corrected chi connectivity index (χ0v) is 11.0. The first-order valence-corrected chi connectivity index (χ1v) is 6.83. The van der Waals surface area contributed by atoms with Crippen molar-refractivity contribution in [2.75, 3.05) is 25.2 Å². The van der Waals surface area contributed by atoms with E-state index in [1.165, 1.54) is 4.31 Å². The van der Waals surface area contributed by atoms with Gasteiger partial charge in [0.25, 0.3) is 0 Å². The summed E-state index contributed by atoms with van der Waals surface area (Å²) in [7, 11) is -1.54. The van der Waals surface area contributed by atoms with Gasteiger partial charge in [-0.05, 0) is 11.8 Å². The van der Waals surface area contributed by atoms with Crippen molar-refractivity contribution in [1.82, 2.24) is 4.31 Å². The Labute approximate surface area is 92.5 Å². The quantitative estimate of drug-likeness (QED) is 0.690. The van der Waals surface area contributed by atoms with Crippen LogP contribution in [0.4, 0.5) is 0 Å². The molecule has 0 unspecified atom stereocenters. The summed E-state index contributed by atoms with van der Waals surface area (Å²) in [5, 5.41) is 0. The number of alkyl halides is 1. The van der Waals surface area contributed by atoms with Crippen LogP contribution in [0.15, 0.2) is 0 Å². The summed E-state index contributed by atoms with van der Waals surface area (Å²) in [6.07, 6.45) is 0.669. The first kappa shape index (κ1) is 14.2. The maximum absolute atomic E-state index is 11.6. The molecule has 0 radical (unpaired) electrons. The van der Waals surface area contributed by atoms with Gasteiger partial charge in [-0.3, -0.25) is 0 Å². The van der Waals surface area contributed by atoms with Gasteiger partial charge in [0.15, 0.2) is 0 Å². The molecule has 0 aliphatic rings. The summed E-state index contributed by atoms with van der Waals surface area (Å²) >= 11 is 5.49. The van der Waals surface area contributed by atoms with Gasteiger partial charge in [0.2, 0.25) is 10.0 Å². The second kappa shape index (κ2) is 5.33. The third kappa shape index (κ3) is 5.83. The fourth-order valence-corrected chi connectivity index (χ4v) is 2.75. The SMILES string of the molecule is CN(CCCl)S(=O)(=O)CCC(C)(C)C. The Kier molecular flexibility index (Phi) is 5.41. The molecule has 0 saturated heterocycles. The molecule has 0 aromatic rings. The molecule has 0 aliphatic heterocycles. The Balaban J connectivity index is 4.22. The van der Waals surface area contributed by atoms with Crippen LogP contribution in [-0.2, 0) is 10.0 Å². The third-order valence-electron chi connectivity index (χ3n) is 1.98. The highest BCUT2D eigenvalue weighted by Crippen LogP contribution is 2.19. The van der Waals surface area contributed by atoms with Crippen LogP contribution in [0.1, 0.15) is 27.2 Å². The molecule has 5 heteroatoms. The highest BCUT2D eigenvalue weighted by molar-refractivity contribution is 7.89. The van der Waals surface area contributed by atoms with Crippen LogP contribution in [0, 0.1) is 5.41 Å². The van der Waals surface area contributed by atoms with Crippen molar-refractivity contribution < 1.29 is 8.42 Å². The van der Waals surface area contributed by atoms with E-state index in [0.717, 1.165) is 0 Å². The summed E-state index contributed by atoms with van der Waals surface area (Å²) in [6.45, 7) is 6.48. The Morgan fingerprint density at radius 1 is 1.29 bits per heavy atom. The van der Waals surface area contributed by atoms with Gasteiger partial charge in [0, 0.05) is 19.5 Å². The molecule has 0 aromatic heterocycles. The minimum Gasteiger partial charge on any atom is -0.212 e. The number of hydrogen-bond acceptors (Lipinski definition) is 2. The fourth-order valence-electron chi connectivity index (χ4n) is 0.849. The maximum atomic E-state index is 11.6. The van der Waals surface area contributed by atoms with Crippen LogP contribution < -0.4 is 0 Å². The molecule has 86 valence electrons. The molecular weight excluding hydrogens is 222 g/mol. The van der Waals surface area contributed by atoms with Crippen LogP contribution in [0.2, 0.25) is 0 Å². The minimum absolute atomic E-state index is 0.0505. The van der Waals surface area contributed by atoms with Gasteiger partial charge in [-0.25, -0.2) is 12.7 Å². The van der Waals surface area contributed by atoms with E-state index < -0.39 is 10.0 Å². The van der Waals surface area contributed by atoms with Crippen molar-refractivity contribution in [3.63, 3.8) is 0 Å². The van der Waals surface area contributed by atoms with Gasteiger partial charge < -0.3 is 0 Å². The second-order valence-corrected chi connectivity index (χ2v) is 7.21. The predicted molar refractivity (Wildman–Crippen MR) is 61.2 cm³/mol. The Morgan fingerprint density at radius 2 is 1.79 bits per heavy atom. The molecule has 0 atom stereocenters. The molecule has 14 heavy (non-hydrogen) atoms. The molecule has 0 bridgehead atoms. The monoisotopic (exact) mass is 241 g/mol. The summed E-state index contributed by atoms with van der Waals surface area (Å²) in [6, 6.07) is 0.